The van der Waals surface area contributed by atoms with Crippen LogP contribution in [0.15, 0.2) is 18.2 Å². The molecule has 1 aromatic carbocycles. The van der Waals surface area contributed by atoms with E-state index in [2.05, 4.69) is 20.8 Å². The summed E-state index contributed by atoms with van der Waals surface area (Å²) in [6.45, 7) is 6.23. The van der Waals surface area contributed by atoms with E-state index in [0.717, 1.165) is 62.2 Å². The molecule has 1 aromatic rings. The van der Waals surface area contributed by atoms with E-state index in [1.54, 1.807) is 14.2 Å². The first kappa shape index (κ1) is 21.4. The van der Waals surface area contributed by atoms with E-state index >= 15 is 0 Å². The normalized spacial score (nSPS) is 25.6. The zero-order valence-electron chi connectivity index (χ0n) is 18.6. The van der Waals surface area contributed by atoms with Crippen LogP contribution in [0.1, 0.15) is 44.1 Å². The van der Waals surface area contributed by atoms with E-state index in [0.29, 0.717) is 18.5 Å². The summed E-state index contributed by atoms with van der Waals surface area (Å²) >= 11 is 0. The third kappa shape index (κ3) is 4.92. The first-order valence-corrected chi connectivity index (χ1v) is 11.6. The summed E-state index contributed by atoms with van der Waals surface area (Å²) in [6, 6.07) is 6.48. The van der Waals surface area contributed by atoms with Crippen LogP contribution < -0.4 is 9.47 Å². The lowest BCUT2D eigenvalue weighted by molar-refractivity contribution is -0.139. The SMILES string of the molecule is COc1ccc(OC)c(CN2CCN(CC(=O)N3CCC[C@@H]4CCCC[C@@H]43)CC2)c1. The highest BCUT2D eigenvalue weighted by molar-refractivity contribution is 5.78. The van der Waals surface area contributed by atoms with Gasteiger partial charge in [-0.1, -0.05) is 12.8 Å². The zero-order chi connectivity index (χ0) is 20.9. The summed E-state index contributed by atoms with van der Waals surface area (Å²) in [5.74, 6) is 2.87. The number of likely N-dealkylation sites (tertiary alicyclic amines) is 1. The van der Waals surface area contributed by atoms with Crippen molar-refractivity contribution in [2.45, 2.75) is 51.1 Å². The monoisotopic (exact) mass is 415 g/mol. The molecule has 0 unspecified atom stereocenters. The number of carbonyl (C=O) groups is 1. The Hall–Kier alpha value is -1.79. The molecule has 0 aromatic heterocycles. The Bertz CT molecular complexity index is 716. The minimum Gasteiger partial charge on any atom is -0.497 e. The third-order valence-corrected chi connectivity index (χ3v) is 7.27. The van der Waals surface area contributed by atoms with Crippen molar-refractivity contribution in [1.29, 1.82) is 0 Å². The number of amides is 1. The maximum atomic E-state index is 13.1. The second-order valence-electron chi connectivity index (χ2n) is 9.07. The van der Waals surface area contributed by atoms with Crippen LogP contribution in [0.25, 0.3) is 0 Å². The third-order valence-electron chi connectivity index (χ3n) is 7.27. The fourth-order valence-corrected chi connectivity index (χ4v) is 5.57. The molecule has 2 heterocycles. The minimum absolute atomic E-state index is 0.356. The van der Waals surface area contributed by atoms with Crippen LogP contribution in [-0.4, -0.2) is 80.1 Å². The Labute approximate surface area is 181 Å². The lowest BCUT2D eigenvalue weighted by Crippen LogP contribution is -2.54. The van der Waals surface area contributed by atoms with Crippen LogP contribution >= 0.6 is 0 Å². The molecule has 0 bridgehead atoms. The van der Waals surface area contributed by atoms with Gasteiger partial charge in [-0.15, -0.1) is 0 Å². The largest absolute Gasteiger partial charge is 0.497 e. The smallest absolute Gasteiger partial charge is 0.237 e. The van der Waals surface area contributed by atoms with Crippen molar-refractivity contribution in [3.8, 4) is 11.5 Å². The van der Waals surface area contributed by atoms with E-state index in [-0.39, 0.29) is 0 Å². The van der Waals surface area contributed by atoms with Gasteiger partial charge >= 0.3 is 0 Å². The van der Waals surface area contributed by atoms with Crippen LogP contribution in [0, 0.1) is 5.92 Å². The molecule has 166 valence electrons. The van der Waals surface area contributed by atoms with Gasteiger partial charge in [-0.25, -0.2) is 0 Å². The number of hydrogen-bond donors (Lipinski definition) is 0. The van der Waals surface area contributed by atoms with Gasteiger partial charge in [0.1, 0.15) is 11.5 Å². The Morgan fingerprint density at radius 2 is 1.67 bits per heavy atom. The molecule has 1 aliphatic carbocycles. The summed E-state index contributed by atoms with van der Waals surface area (Å²) < 4.78 is 10.9. The van der Waals surface area contributed by atoms with Crippen LogP contribution in [-0.2, 0) is 11.3 Å². The number of fused-ring (bicyclic) bond motifs is 1. The highest BCUT2D eigenvalue weighted by Gasteiger charge is 2.36. The summed E-state index contributed by atoms with van der Waals surface area (Å²) in [6.07, 6.45) is 7.68. The number of methoxy groups -OCH3 is 2. The molecule has 1 amide bonds. The highest BCUT2D eigenvalue weighted by Crippen LogP contribution is 2.35. The molecule has 3 aliphatic rings. The number of carbonyl (C=O) groups excluding carboxylic acids is 1. The van der Waals surface area contributed by atoms with Crippen molar-refractivity contribution in [1.82, 2.24) is 14.7 Å². The molecule has 30 heavy (non-hydrogen) atoms. The van der Waals surface area contributed by atoms with Gasteiger partial charge in [-0.05, 0) is 49.8 Å². The molecular weight excluding hydrogens is 378 g/mol. The summed E-state index contributed by atoms with van der Waals surface area (Å²) in [4.78, 5) is 20.1. The van der Waals surface area contributed by atoms with Crippen molar-refractivity contribution in [3.05, 3.63) is 23.8 Å². The van der Waals surface area contributed by atoms with Gasteiger partial charge in [-0.2, -0.15) is 0 Å². The van der Waals surface area contributed by atoms with E-state index < -0.39 is 0 Å². The van der Waals surface area contributed by atoms with E-state index in [1.807, 2.05) is 12.1 Å². The van der Waals surface area contributed by atoms with Crippen LogP contribution in [0.5, 0.6) is 11.5 Å². The molecule has 0 N–H and O–H groups in total. The number of rotatable bonds is 6. The number of benzene rings is 1. The Kier molecular flexibility index (Phi) is 7.16. The van der Waals surface area contributed by atoms with Gasteiger partial charge in [0.2, 0.25) is 5.91 Å². The maximum absolute atomic E-state index is 13.1. The molecule has 6 heteroatoms. The van der Waals surface area contributed by atoms with E-state index in [4.69, 9.17) is 9.47 Å². The molecule has 2 atom stereocenters. The van der Waals surface area contributed by atoms with Crippen molar-refractivity contribution in [2.75, 3.05) is 53.5 Å². The lowest BCUT2D eigenvalue weighted by atomic mass is 9.78. The number of piperazine rings is 1. The summed E-state index contributed by atoms with van der Waals surface area (Å²) in [7, 11) is 3.41. The summed E-state index contributed by atoms with van der Waals surface area (Å²) in [5.41, 5.74) is 1.15. The lowest BCUT2D eigenvalue weighted by Gasteiger charge is -2.45. The molecule has 4 rings (SSSR count). The molecule has 1 saturated carbocycles. The Morgan fingerprint density at radius 1 is 0.933 bits per heavy atom. The van der Waals surface area contributed by atoms with Gasteiger partial charge in [0.05, 0.1) is 20.8 Å². The molecule has 6 nitrogen and oxygen atoms in total. The van der Waals surface area contributed by atoms with E-state index in [9.17, 15) is 4.79 Å². The number of ether oxygens (including phenoxy) is 2. The average molecular weight is 416 g/mol. The average Bonchev–Trinajstić information content (AvgIpc) is 2.79. The molecular formula is C24H37N3O3. The number of hydrogen-bond acceptors (Lipinski definition) is 5. The van der Waals surface area contributed by atoms with Crippen LogP contribution in [0.4, 0.5) is 0 Å². The second-order valence-corrected chi connectivity index (χ2v) is 9.07. The fourth-order valence-electron chi connectivity index (χ4n) is 5.57. The van der Waals surface area contributed by atoms with Crippen LogP contribution in [0.2, 0.25) is 0 Å². The molecule has 2 aliphatic heterocycles. The second kappa shape index (κ2) is 10.0. The van der Waals surface area contributed by atoms with Crippen LogP contribution in [0.3, 0.4) is 0 Å². The van der Waals surface area contributed by atoms with Crippen molar-refractivity contribution in [3.63, 3.8) is 0 Å². The van der Waals surface area contributed by atoms with Crippen molar-refractivity contribution >= 4 is 5.91 Å². The van der Waals surface area contributed by atoms with Gasteiger partial charge < -0.3 is 14.4 Å². The Balaban J connectivity index is 1.28. The molecule has 0 radical (unpaired) electrons. The number of piperidine rings is 1. The predicted octanol–water partition coefficient (Wildman–Crippen LogP) is 3.00. The fraction of sp³-hybridized carbons (Fsp3) is 0.708. The van der Waals surface area contributed by atoms with Crippen molar-refractivity contribution < 1.29 is 14.3 Å². The van der Waals surface area contributed by atoms with Gasteiger partial charge in [-0.3, -0.25) is 14.6 Å². The predicted molar refractivity (Wildman–Crippen MR) is 118 cm³/mol. The minimum atomic E-state index is 0.356. The van der Waals surface area contributed by atoms with Gasteiger partial charge in [0.25, 0.3) is 0 Å². The molecule has 2 saturated heterocycles. The highest BCUT2D eigenvalue weighted by atomic mass is 16.5. The van der Waals surface area contributed by atoms with Crippen molar-refractivity contribution in [2.24, 2.45) is 5.92 Å². The Morgan fingerprint density at radius 3 is 2.43 bits per heavy atom. The zero-order valence-corrected chi connectivity index (χ0v) is 18.6. The number of nitrogens with zero attached hydrogens (tertiary/aromatic N) is 3. The first-order valence-electron chi connectivity index (χ1n) is 11.6. The molecule has 3 fully saturated rings. The first-order chi connectivity index (χ1) is 14.7. The maximum Gasteiger partial charge on any atom is 0.237 e. The topological polar surface area (TPSA) is 45.3 Å². The summed E-state index contributed by atoms with van der Waals surface area (Å²) in [5, 5.41) is 0. The van der Waals surface area contributed by atoms with E-state index in [1.165, 1.54) is 38.5 Å². The van der Waals surface area contributed by atoms with Gasteiger partial charge in [0.15, 0.2) is 0 Å². The standard InChI is InChI=1S/C24H37N3O3/c1-29-21-9-10-23(30-2)20(16-21)17-25-12-14-26(15-13-25)18-24(28)27-11-5-7-19-6-3-4-8-22(19)27/h9-10,16,19,22H,3-8,11-15,17-18H2,1-2H3/t19-,22-/m0/s1. The quantitative estimate of drug-likeness (QED) is 0.715. The molecule has 0 spiro atoms. The van der Waals surface area contributed by atoms with Gasteiger partial charge in [0, 0.05) is 50.9 Å².